The van der Waals surface area contributed by atoms with E-state index in [4.69, 9.17) is 0 Å². The minimum Gasteiger partial charge on any atom is -0.238 e. The van der Waals surface area contributed by atoms with Gasteiger partial charge in [0.05, 0.1) is 9.88 Å². The molecule has 0 aliphatic heterocycles. The topological polar surface area (TPSA) is 12.9 Å². The molecule has 0 amide bonds. The molecule has 0 bridgehead atoms. The third-order valence-electron chi connectivity index (χ3n) is 1.20. The molecule has 0 saturated carbocycles. The number of aryl methyl sites for hydroxylation is 1. The highest BCUT2D eigenvalue weighted by atomic mass is 32.1. The fraction of sp³-hybridized carbons (Fsp3) is 0.300. The van der Waals surface area contributed by atoms with Gasteiger partial charge in [0, 0.05) is 0 Å². The van der Waals surface area contributed by atoms with Gasteiger partial charge in [0.1, 0.15) is 11.5 Å². The molecule has 0 aromatic carbocycles. The Morgan fingerprint density at radius 2 is 2.08 bits per heavy atom. The number of nitrogens with zero attached hydrogens (tertiary/aromatic N) is 1. The molecular weight excluding hydrogens is 185 g/mol. The molecule has 1 heterocycles. The number of aromatic nitrogens is 1. The van der Waals surface area contributed by atoms with Crippen LogP contribution in [-0.2, 0) is 0 Å². The normalized spacial score (nSPS) is 8.62. The smallest absolute Gasteiger partial charge is 0.143 e. The molecule has 13 heavy (non-hydrogen) atoms. The highest BCUT2D eigenvalue weighted by Crippen LogP contribution is 2.24. The number of hydrogen-bond donors (Lipinski definition) is 0. The number of halogens is 1. The van der Waals surface area contributed by atoms with Gasteiger partial charge in [0.2, 0.25) is 0 Å². The van der Waals surface area contributed by atoms with E-state index < -0.39 is 5.83 Å². The second kappa shape index (κ2) is 5.65. The van der Waals surface area contributed by atoms with Crippen LogP contribution in [0, 0.1) is 6.92 Å². The largest absolute Gasteiger partial charge is 0.238 e. The van der Waals surface area contributed by atoms with Crippen molar-refractivity contribution in [3.05, 3.63) is 28.7 Å². The predicted molar refractivity (Wildman–Crippen MR) is 58.4 cm³/mol. The van der Waals surface area contributed by atoms with Gasteiger partial charge in [-0.1, -0.05) is 27.0 Å². The molecule has 0 aliphatic rings. The zero-order valence-electron chi connectivity index (χ0n) is 8.22. The van der Waals surface area contributed by atoms with E-state index in [0.717, 1.165) is 9.88 Å². The van der Waals surface area contributed by atoms with E-state index in [2.05, 4.69) is 18.1 Å². The summed E-state index contributed by atoms with van der Waals surface area (Å²) in [4.78, 5) is 4.70. The molecule has 1 nitrogen and oxygen atoms in total. The Kier molecular flexibility index (Phi) is 5.23. The van der Waals surface area contributed by atoms with Crippen LogP contribution < -0.4 is 0 Å². The Morgan fingerprint density at radius 3 is 2.38 bits per heavy atom. The van der Waals surface area contributed by atoms with Crippen LogP contribution in [0.2, 0.25) is 0 Å². The van der Waals surface area contributed by atoms with Crippen LogP contribution in [0.4, 0.5) is 4.39 Å². The van der Waals surface area contributed by atoms with Gasteiger partial charge in [-0.2, -0.15) is 0 Å². The maximum absolute atomic E-state index is 12.6. The summed E-state index contributed by atoms with van der Waals surface area (Å²) in [5.41, 5.74) is 0.322. The second-order valence-corrected chi connectivity index (χ2v) is 3.29. The van der Waals surface area contributed by atoms with E-state index in [1.807, 2.05) is 20.8 Å². The van der Waals surface area contributed by atoms with Gasteiger partial charge in [0.15, 0.2) is 0 Å². The van der Waals surface area contributed by atoms with E-state index in [-0.39, 0.29) is 0 Å². The van der Waals surface area contributed by atoms with Crippen LogP contribution in [0.25, 0.3) is 11.9 Å². The van der Waals surface area contributed by atoms with Crippen molar-refractivity contribution < 1.29 is 4.39 Å². The molecule has 1 aromatic rings. The van der Waals surface area contributed by atoms with Gasteiger partial charge in [-0.15, -0.1) is 11.3 Å². The van der Waals surface area contributed by atoms with Crippen LogP contribution in [0.3, 0.4) is 0 Å². The minimum absolute atomic E-state index is 0.322. The third kappa shape index (κ3) is 3.11. The lowest BCUT2D eigenvalue weighted by Gasteiger charge is -1.88. The van der Waals surface area contributed by atoms with Crippen LogP contribution in [0.15, 0.2) is 13.2 Å². The van der Waals surface area contributed by atoms with Crippen molar-refractivity contribution in [3.8, 4) is 0 Å². The minimum atomic E-state index is -0.496. The highest BCUT2D eigenvalue weighted by molar-refractivity contribution is 7.12. The van der Waals surface area contributed by atoms with Crippen LogP contribution in [-0.4, -0.2) is 4.98 Å². The molecule has 3 heteroatoms. The lowest BCUT2D eigenvalue weighted by atomic mass is 10.3. The van der Waals surface area contributed by atoms with E-state index >= 15 is 0 Å². The first kappa shape index (κ1) is 12.0. The molecule has 0 atom stereocenters. The summed E-state index contributed by atoms with van der Waals surface area (Å²) in [5, 5.41) is 0.828. The summed E-state index contributed by atoms with van der Waals surface area (Å²) in [7, 11) is 0. The summed E-state index contributed by atoms with van der Waals surface area (Å²) >= 11 is 1.41. The quantitative estimate of drug-likeness (QED) is 0.700. The Bertz CT molecular complexity index is 302. The van der Waals surface area contributed by atoms with Crippen LogP contribution in [0.1, 0.15) is 29.4 Å². The molecule has 0 fully saturated rings. The lowest BCUT2D eigenvalue weighted by molar-refractivity contribution is 0.756. The zero-order chi connectivity index (χ0) is 10.4. The Labute approximate surface area is 82.6 Å². The summed E-state index contributed by atoms with van der Waals surface area (Å²) in [5.74, 6) is -0.496. The molecule has 0 aliphatic carbocycles. The third-order valence-corrected chi connectivity index (χ3v) is 2.17. The average molecular weight is 199 g/mol. The maximum Gasteiger partial charge on any atom is 0.143 e. The van der Waals surface area contributed by atoms with Crippen molar-refractivity contribution in [1.29, 1.82) is 0 Å². The fourth-order valence-electron chi connectivity index (χ4n) is 0.776. The fourth-order valence-corrected chi connectivity index (χ4v) is 1.57. The van der Waals surface area contributed by atoms with Gasteiger partial charge >= 0.3 is 0 Å². The van der Waals surface area contributed by atoms with Crippen molar-refractivity contribution in [2.45, 2.75) is 20.8 Å². The zero-order valence-corrected chi connectivity index (χ0v) is 9.04. The summed E-state index contributed by atoms with van der Waals surface area (Å²) in [6, 6.07) is 0. The van der Waals surface area contributed by atoms with Crippen molar-refractivity contribution >= 4 is 23.2 Å². The molecule has 0 radical (unpaired) electrons. The van der Waals surface area contributed by atoms with Gasteiger partial charge < -0.3 is 0 Å². The van der Waals surface area contributed by atoms with E-state index in [1.54, 1.807) is 6.08 Å². The van der Waals surface area contributed by atoms with E-state index in [0.29, 0.717) is 5.69 Å². The number of thiazole rings is 1. The van der Waals surface area contributed by atoms with Gasteiger partial charge in [-0.3, -0.25) is 0 Å². The molecule has 1 rings (SSSR count). The molecule has 0 N–H and O–H groups in total. The van der Waals surface area contributed by atoms with E-state index in [9.17, 15) is 4.39 Å². The first-order chi connectivity index (χ1) is 6.15. The van der Waals surface area contributed by atoms with Gasteiger partial charge in [0.25, 0.3) is 0 Å². The second-order valence-electron chi connectivity index (χ2n) is 2.05. The predicted octanol–water partition coefficient (Wildman–Crippen LogP) is 4.06. The van der Waals surface area contributed by atoms with Gasteiger partial charge in [-0.25, -0.2) is 9.37 Å². The Hall–Kier alpha value is -0.960. The van der Waals surface area contributed by atoms with Crippen molar-refractivity contribution in [2.75, 3.05) is 0 Å². The number of hydrogen-bond acceptors (Lipinski definition) is 2. The summed E-state index contributed by atoms with van der Waals surface area (Å²) in [6.45, 7) is 12.6. The van der Waals surface area contributed by atoms with Crippen molar-refractivity contribution in [3.63, 3.8) is 0 Å². The summed E-state index contributed by atoms with van der Waals surface area (Å²) < 4.78 is 12.6. The van der Waals surface area contributed by atoms with Crippen LogP contribution >= 0.6 is 11.3 Å². The highest BCUT2D eigenvalue weighted by Gasteiger charge is 2.08. The molecule has 72 valence electrons. The maximum atomic E-state index is 12.6. The molecule has 0 spiro atoms. The Balaban J connectivity index is 0.000000671. The lowest BCUT2D eigenvalue weighted by Crippen LogP contribution is -1.78. The molecule has 1 aromatic heterocycles. The van der Waals surface area contributed by atoms with Crippen LogP contribution in [0.5, 0.6) is 0 Å². The van der Waals surface area contributed by atoms with Crippen molar-refractivity contribution in [1.82, 2.24) is 4.98 Å². The molecule has 0 saturated heterocycles. The van der Waals surface area contributed by atoms with E-state index in [1.165, 1.54) is 11.3 Å². The SMILES string of the molecule is C=Cc1sc(C)nc1C(=C)F.CC. The summed E-state index contributed by atoms with van der Waals surface area (Å²) in [6.07, 6.45) is 1.59. The average Bonchev–Trinajstić information content (AvgIpc) is 2.50. The monoisotopic (exact) mass is 199 g/mol. The first-order valence-electron chi connectivity index (χ1n) is 4.09. The first-order valence-corrected chi connectivity index (χ1v) is 4.91. The standard InChI is InChI=1S/C8H8FNS.C2H6/c1-4-7-8(5(2)9)10-6(3)11-7;1-2/h4H,1-2H2,3H3;1-2H3. The molecule has 0 unspecified atom stereocenters. The molecular formula is C10H14FNS. The number of rotatable bonds is 2. The van der Waals surface area contributed by atoms with Crippen molar-refractivity contribution in [2.24, 2.45) is 0 Å². The Morgan fingerprint density at radius 1 is 1.54 bits per heavy atom. The van der Waals surface area contributed by atoms with Gasteiger partial charge in [-0.05, 0) is 13.0 Å².